The number of likely N-dealkylation sites (N-methyl/N-ethyl adjacent to an activating group) is 1. The molecule has 1 unspecified atom stereocenters. The molecule has 58 heavy (non-hydrogen) atoms. The quantitative estimate of drug-likeness (QED) is 0.0198. The highest BCUT2D eigenvalue weighted by atomic mass is 31.2. The van der Waals surface area contributed by atoms with Crippen molar-refractivity contribution in [2.45, 2.75) is 161 Å². The van der Waals surface area contributed by atoms with Crippen molar-refractivity contribution < 1.29 is 42.1 Å². The van der Waals surface area contributed by atoms with E-state index in [-0.39, 0.29) is 26.1 Å². The van der Waals surface area contributed by atoms with Gasteiger partial charge >= 0.3 is 11.9 Å². The number of phosphoric ester groups is 1. The Hall–Kier alpha value is -2.81. The maximum Gasteiger partial charge on any atom is 0.306 e. The number of ether oxygens (including phenoxy) is 2. The number of allylic oxidation sites excluding steroid dienone is 14. The third kappa shape index (κ3) is 42.8. The van der Waals surface area contributed by atoms with Gasteiger partial charge in [0.1, 0.15) is 19.8 Å². The highest BCUT2D eigenvalue weighted by Gasteiger charge is 2.21. The Morgan fingerprint density at radius 3 is 1.48 bits per heavy atom. The second-order valence-corrected chi connectivity index (χ2v) is 17.1. The summed E-state index contributed by atoms with van der Waals surface area (Å²) in [6.45, 7) is 4.00. The summed E-state index contributed by atoms with van der Waals surface area (Å²) in [6.07, 6.45) is 50.4. The topological polar surface area (TPSA) is 111 Å². The molecule has 0 saturated carbocycles. The monoisotopic (exact) mass is 832 g/mol. The van der Waals surface area contributed by atoms with Crippen molar-refractivity contribution in [3.05, 3.63) is 85.1 Å². The molecular formula is C48H82NO8P. The van der Waals surface area contributed by atoms with Gasteiger partial charge in [-0.15, -0.1) is 0 Å². The van der Waals surface area contributed by atoms with E-state index in [2.05, 4.69) is 98.9 Å². The minimum Gasteiger partial charge on any atom is -0.756 e. The van der Waals surface area contributed by atoms with Crippen molar-refractivity contribution in [2.75, 3.05) is 47.5 Å². The van der Waals surface area contributed by atoms with Crippen molar-refractivity contribution in [1.82, 2.24) is 0 Å². The number of unbranched alkanes of at least 4 members (excludes halogenated alkanes) is 11. The van der Waals surface area contributed by atoms with Crippen molar-refractivity contribution in [2.24, 2.45) is 0 Å². The maximum atomic E-state index is 12.7. The molecule has 0 radical (unpaired) electrons. The van der Waals surface area contributed by atoms with Gasteiger partial charge in [0.15, 0.2) is 6.10 Å². The molecule has 0 aliphatic rings. The molecule has 0 bridgehead atoms. The van der Waals surface area contributed by atoms with E-state index in [0.29, 0.717) is 23.9 Å². The van der Waals surface area contributed by atoms with E-state index < -0.39 is 32.5 Å². The smallest absolute Gasteiger partial charge is 0.306 e. The summed E-state index contributed by atoms with van der Waals surface area (Å²) in [6, 6.07) is 0. The molecule has 9 nitrogen and oxygen atoms in total. The van der Waals surface area contributed by atoms with Gasteiger partial charge in [-0.3, -0.25) is 14.2 Å². The van der Waals surface area contributed by atoms with Crippen LogP contribution in [0.25, 0.3) is 0 Å². The normalized spacial score (nSPS) is 14.4. The van der Waals surface area contributed by atoms with E-state index >= 15 is 0 Å². The Morgan fingerprint density at radius 2 is 0.983 bits per heavy atom. The number of hydrogen-bond acceptors (Lipinski definition) is 8. The minimum atomic E-state index is -4.64. The zero-order chi connectivity index (χ0) is 42.8. The Balaban J connectivity index is 4.47. The molecule has 0 aliphatic heterocycles. The van der Waals surface area contributed by atoms with Crippen LogP contribution in [0, 0.1) is 0 Å². The van der Waals surface area contributed by atoms with E-state index in [1.807, 2.05) is 21.1 Å². The number of phosphoric acid groups is 1. The molecule has 10 heteroatoms. The molecule has 0 rings (SSSR count). The molecule has 332 valence electrons. The van der Waals surface area contributed by atoms with Crippen LogP contribution < -0.4 is 4.89 Å². The fourth-order valence-electron chi connectivity index (χ4n) is 5.41. The standard InChI is InChI=1S/C48H82NO8P/c1-6-8-10-12-14-16-18-20-22-23-24-25-27-29-31-33-35-37-39-41-48(51)57-46(45-56-58(52,53)55-43-42-49(3,4)5)44-54-47(50)40-38-36-34-32-30-28-26-21-19-17-15-13-11-9-7-2/h9,11,14-17,20-22,24-26,29,31,46H,6-8,10,12-13,18-19,23,27-28,30,32-45H2,1-5H3/b11-9-,16-14-,17-15-,22-20-,25-24-,26-21-,31-29-/t46-/m1/s1. The van der Waals surface area contributed by atoms with E-state index in [1.54, 1.807) is 0 Å². The van der Waals surface area contributed by atoms with Crippen molar-refractivity contribution in [3.63, 3.8) is 0 Å². The van der Waals surface area contributed by atoms with E-state index in [9.17, 15) is 19.0 Å². The van der Waals surface area contributed by atoms with Crippen LogP contribution in [0.15, 0.2) is 85.1 Å². The van der Waals surface area contributed by atoms with Gasteiger partial charge in [-0.2, -0.15) is 0 Å². The number of esters is 2. The molecule has 0 saturated heterocycles. The zero-order valence-corrected chi connectivity index (χ0v) is 38.1. The average molecular weight is 832 g/mol. The second-order valence-electron chi connectivity index (χ2n) is 15.7. The SMILES string of the molecule is CC/C=C\C/C=C\C/C=C\CCCCCCCC(=O)OC[C@H](COP(=O)([O-])OCC[N+](C)(C)C)OC(=O)CCCCC/C=C\C/C=C\C/C=C\C/C=C\CCCCC. The summed E-state index contributed by atoms with van der Waals surface area (Å²) in [5.41, 5.74) is 0. The lowest BCUT2D eigenvalue weighted by Gasteiger charge is -2.28. The fourth-order valence-corrected chi connectivity index (χ4v) is 6.14. The number of carbonyl (C=O) groups excluding carboxylic acids is 2. The Bertz CT molecular complexity index is 1260. The van der Waals surface area contributed by atoms with Crippen LogP contribution >= 0.6 is 7.82 Å². The van der Waals surface area contributed by atoms with Gasteiger partial charge < -0.3 is 27.9 Å². The predicted octanol–water partition coefficient (Wildman–Crippen LogP) is 12.2. The molecule has 0 fully saturated rings. The summed E-state index contributed by atoms with van der Waals surface area (Å²) in [5, 5.41) is 0. The van der Waals surface area contributed by atoms with Crippen LogP contribution in [0.5, 0.6) is 0 Å². The van der Waals surface area contributed by atoms with E-state index in [0.717, 1.165) is 89.9 Å². The van der Waals surface area contributed by atoms with Crippen LogP contribution in [-0.4, -0.2) is 70.0 Å². The first-order chi connectivity index (χ1) is 28.0. The number of rotatable bonds is 39. The van der Waals surface area contributed by atoms with Gasteiger partial charge in [0.05, 0.1) is 27.7 Å². The molecular weight excluding hydrogens is 750 g/mol. The molecule has 0 aromatic rings. The van der Waals surface area contributed by atoms with Crippen LogP contribution in [-0.2, 0) is 32.7 Å². The number of quaternary nitrogens is 1. The predicted molar refractivity (Wildman–Crippen MR) is 240 cm³/mol. The van der Waals surface area contributed by atoms with Gasteiger partial charge in [-0.05, 0) is 89.9 Å². The first-order valence-corrected chi connectivity index (χ1v) is 23.8. The number of hydrogen-bond donors (Lipinski definition) is 0. The molecule has 0 spiro atoms. The summed E-state index contributed by atoms with van der Waals surface area (Å²) >= 11 is 0. The van der Waals surface area contributed by atoms with Gasteiger partial charge in [-0.25, -0.2) is 0 Å². The molecule has 0 N–H and O–H groups in total. The largest absolute Gasteiger partial charge is 0.756 e. The molecule has 0 aromatic heterocycles. The van der Waals surface area contributed by atoms with E-state index in [1.165, 1.54) is 25.7 Å². The van der Waals surface area contributed by atoms with Gasteiger partial charge in [0, 0.05) is 12.8 Å². The van der Waals surface area contributed by atoms with Crippen molar-refractivity contribution in [3.8, 4) is 0 Å². The number of nitrogens with zero attached hydrogens (tertiary/aromatic N) is 1. The lowest BCUT2D eigenvalue weighted by Crippen LogP contribution is -2.37. The molecule has 0 aromatic carbocycles. The third-order valence-electron chi connectivity index (χ3n) is 8.90. The van der Waals surface area contributed by atoms with Gasteiger partial charge in [0.2, 0.25) is 0 Å². The summed E-state index contributed by atoms with van der Waals surface area (Å²) in [5.74, 6) is -0.899. The minimum absolute atomic E-state index is 0.0451. The second kappa shape index (κ2) is 39.6. The molecule has 0 amide bonds. The zero-order valence-electron chi connectivity index (χ0n) is 37.2. The lowest BCUT2D eigenvalue weighted by atomic mass is 10.1. The van der Waals surface area contributed by atoms with Crippen LogP contribution in [0.1, 0.15) is 155 Å². The molecule has 0 aliphatic carbocycles. The Kier molecular flexibility index (Phi) is 37.7. The summed E-state index contributed by atoms with van der Waals surface area (Å²) in [4.78, 5) is 37.5. The Morgan fingerprint density at radius 1 is 0.552 bits per heavy atom. The first kappa shape index (κ1) is 55.2. The molecule has 0 heterocycles. The Labute approximate surface area is 354 Å². The first-order valence-electron chi connectivity index (χ1n) is 22.3. The molecule has 2 atom stereocenters. The highest BCUT2D eigenvalue weighted by Crippen LogP contribution is 2.38. The fraction of sp³-hybridized carbons (Fsp3) is 0.667. The van der Waals surface area contributed by atoms with Crippen LogP contribution in [0.3, 0.4) is 0 Å². The van der Waals surface area contributed by atoms with Gasteiger partial charge in [-0.1, -0.05) is 137 Å². The van der Waals surface area contributed by atoms with Crippen LogP contribution in [0.2, 0.25) is 0 Å². The summed E-state index contributed by atoms with van der Waals surface area (Å²) in [7, 11) is 1.12. The third-order valence-corrected chi connectivity index (χ3v) is 9.86. The highest BCUT2D eigenvalue weighted by molar-refractivity contribution is 7.45. The van der Waals surface area contributed by atoms with Crippen molar-refractivity contribution in [1.29, 1.82) is 0 Å². The van der Waals surface area contributed by atoms with Crippen molar-refractivity contribution >= 4 is 19.8 Å². The van der Waals surface area contributed by atoms with Crippen LogP contribution in [0.4, 0.5) is 0 Å². The van der Waals surface area contributed by atoms with E-state index in [4.69, 9.17) is 18.5 Å². The lowest BCUT2D eigenvalue weighted by molar-refractivity contribution is -0.870. The average Bonchev–Trinajstić information content (AvgIpc) is 3.17. The summed E-state index contributed by atoms with van der Waals surface area (Å²) < 4.78 is 33.9. The van der Waals surface area contributed by atoms with Gasteiger partial charge in [0.25, 0.3) is 7.82 Å². The maximum absolute atomic E-state index is 12.7. The number of carbonyl (C=O) groups is 2.